The number of hydrogen-bond donors (Lipinski definition) is 2. The third-order valence-corrected chi connectivity index (χ3v) is 4.72. The molecule has 0 aliphatic carbocycles. The van der Waals surface area contributed by atoms with E-state index in [1.807, 2.05) is 18.2 Å². The van der Waals surface area contributed by atoms with Crippen LogP contribution in [0.3, 0.4) is 0 Å². The Morgan fingerprint density at radius 2 is 1.90 bits per heavy atom. The Hall–Kier alpha value is -1.94. The SMILES string of the molecule is Cc1ccc(C)c(SC(CC(N)=NO)c2ccccc2)c1. The van der Waals surface area contributed by atoms with Gasteiger partial charge in [-0.05, 0) is 31.0 Å². The van der Waals surface area contributed by atoms with Crippen molar-refractivity contribution < 1.29 is 5.21 Å². The van der Waals surface area contributed by atoms with Crippen LogP contribution < -0.4 is 5.73 Å². The molecule has 0 aromatic heterocycles. The van der Waals surface area contributed by atoms with E-state index in [0.29, 0.717) is 6.42 Å². The first kappa shape index (κ1) is 15.4. The van der Waals surface area contributed by atoms with E-state index in [4.69, 9.17) is 10.9 Å². The van der Waals surface area contributed by atoms with Gasteiger partial charge in [0, 0.05) is 16.6 Å². The molecule has 2 rings (SSSR count). The summed E-state index contributed by atoms with van der Waals surface area (Å²) in [6.45, 7) is 4.19. The minimum atomic E-state index is 0.127. The van der Waals surface area contributed by atoms with Crippen molar-refractivity contribution in [2.75, 3.05) is 0 Å². The van der Waals surface area contributed by atoms with Gasteiger partial charge in [-0.1, -0.05) is 53.2 Å². The van der Waals surface area contributed by atoms with Gasteiger partial charge in [0.25, 0.3) is 0 Å². The molecule has 0 spiro atoms. The van der Waals surface area contributed by atoms with Gasteiger partial charge >= 0.3 is 0 Å². The monoisotopic (exact) mass is 300 g/mol. The molecule has 2 aromatic carbocycles. The second kappa shape index (κ2) is 7.18. The van der Waals surface area contributed by atoms with Gasteiger partial charge in [-0.3, -0.25) is 0 Å². The summed E-state index contributed by atoms with van der Waals surface area (Å²) < 4.78 is 0. The van der Waals surface area contributed by atoms with E-state index in [2.05, 4.69) is 49.3 Å². The zero-order chi connectivity index (χ0) is 15.2. The lowest BCUT2D eigenvalue weighted by Crippen LogP contribution is -2.14. The van der Waals surface area contributed by atoms with Crippen LogP contribution in [-0.4, -0.2) is 11.0 Å². The van der Waals surface area contributed by atoms with E-state index in [-0.39, 0.29) is 11.1 Å². The summed E-state index contributed by atoms with van der Waals surface area (Å²) in [6, 6.07) is 16.6. The van der Waals surface area contributed by atoms with Crippen molar-refractivity contribution in [3.05, 3.63) is 65.2 Å². The maximum absolute atomic E-state index is 8.85. The number of oxime groups is 1. The Balaban J connectivity index is 2.29. The molecule has 0 amide bonds. The van der Waals surface area contributed by atoms with Crippen LogP contribution in [0.4, 0.5) is 0 Å². The van der Waals surface area contributed by atoms with Crippen LogP contribution in [-0.2, 0) is 0 Å². The number of hydrogen-bond acceptors (Lipinski definition) is 3. The number of thioether (sulfide) groups is 1. The number of aryl methyl sites for hydroxylation is 2. The molecule has 21 heavy (non-hydrogen) atoms. The first-order valence-electron chi connectivity index (χ1n) is 6.85. The van der Waals surface area contributed by atoms with E-state index in [9.17, 15) is 0 Å². The van der Waals surface area contributed by atoms with Crippen LogP contribution in [0, 0.1) is 13.8 Å². The molecule has 0 heterocycles. The van der Waals surface area contributed by atoms with E-state index in [1.54, 1.807) is 11.8 Å². The number of nitrogens with zero attached hydrogens (tertiary/aromatic N) is 1. The highest BCUT2D eigenvalue weighted by molar-refractivity contribution is 7.99. The van der Waals surface area contributed by atoms with Crippen LogP contribution in [0.25, 0.3) is 0 Å². The molecule has 0 saturated carbocycles. The summed E-state index contributed by atoms with van der Waals surface area (Å²) in [5, 5.41) is 12.1. The Morgan fingerprint density at radius 1 is 1.19 bits per heavy atom. The molecule has 0 saturated heterocycles. The fraction of sp³-hybridized carbons (Fsp3) is 0.235. The van der Waals surface area contributed by atoms with Crippen LogP contribution >= 0.6 is 11.8 Å². The molecule has 110 valence electrons. The molecule has 0 aliphatic heterocycles. The van der Waals surface area contributed by atoms with Crippen LogP contribution in [0.15, 0.2) is 58.6 Å². The highest BCUT2D eigenvalue weighted by Crippen LogP contribution is 2.39. The van der Waals surface area contributed by atoms with Crippen LogP contribution in [0.5, 0.6) is 0 Å². The minimum Gasteiger partial charge on any atom is -0.409 e. The van der Waals surface area contributed by atoms with Crippen molar-refractivity contribution in [2.24, 2.45) is 10.9 Å². The van der Waals surface area contributed by atoms with E-state index in [1.165, 1.54) is 21.6 Å². The number of benzene rings is 2. The first-order chi connectivity index (χ1) is 10.1. The molecule has 3 N–H and O–H groups in total. The molecule has 0 radical (unpaired) electrons. The predicted octanol–water partition coefficient (Wildman–Crippen LogP) is 4.27. The third kappa shape index (κ3) is 4.26. The van der Waals surface area contributed by atoms with Crippen molar-refractivity contribution >= 4 is 17.6 Å². The predicted molar refractivity (Wildman–Crippen MR) is 89.0 cm³/mol. The molecule has 0 aliphatic rings. The quantitative estimate of drug-likeness (QED) is 0.285. The van der Waals surface area contributed by atoms with Crippen molar-refractivity contribution in [3.8, 4) is 0 Å². The normalized spacial score (nSPS) is 13.1. The topological polar surface area (TPSA) is 58.6 Å². The lowest BCUT2D eigenvalue weighted by atomic mass is 10.1. The smallest absolute Gasteiger partial charge is 0.140 e. The van der Waals surface area contributed by atoms with Gasteiger partial charge < -0.3 is 10.9 Å². The van der Waals surface area contributed by atoms with Gasteiger partial charge in [-0.25, -0.2) is 0 Å². The molecule has 4 heteroatoms. The van der Waals surface area contributed by atoms with E-state index >= 15 is 0 Å². The summed E-state index contributed by atoms with van der Waals surface area (Å²) in [5.74, 6) is 0.252. The second-order valence-corrected chi connectivity index (χ2v) is 6.33. The Bertz CT molecular complexity index is 626. The lowest BCUT2D eigenvalue weighted by molar-refractivity contribution is 0.317. The van der Waals surface area contributed by atoms with Gasteiger partial charge in [-0.2, -0.15) is 0 Å². The van der Waals surface area contributed by atoms with Crippen LogP contribution in [0.2, 0.25) is 0 Å². The maximum atomic E-state index is 8.85. The van der Waals surface area contributed by atoms with Gasteiger partial charge in [0.15, 0.2) is 0 Å². The molecule has 1 atom stereocenters. The van der Waals surface area contributed by atoms with E-state index < -0.39 is 0 Å². The molecule has 0 bridgehead atoms. The fourth-order valence-electron chi connectivity index (χ4n) is 2.11. The summed E-state index contributed by atoms with van der Waals surface area (Å²) in [6.07, 6.45) is 0.512. The fourth-order valence-corrected chi connectivity index (χ4v) is 3.48. The first-order valence-corrected chi connectivity index (χ1v) is 7.73. The zero-order valence-electron chi connectivity index (χ0n) is 12.3. The lowest BCUT2D eigenvalue weighted by Gasteiger charge is -2.18. The summed E-state index contributed by atoms with van der Waals surface area (Å²) in [4.78, 5) is 1.23. The average molecular weight is 300 g/mol. The van der Waals surface area contributed by atoms with Crippen molar-refractivity contribution in [1.29, 1.82) is 0 Å². The molecule has 2 aromatic rings. The van der Waals surface area contributed by atoms with E-state index in [0.717, 1.165) is 0 Å². The number of amidine groups is 1. The average Bonchev–Trinajstić information content (AvgIpc) is 2.51. The molecule has 0 fully saturated rings. The van der Waals surface area contributed by atoms with Crippen LogP contribution in [0.1, 0.15) is 28.4 Å². The largest absolute Gasteiger partial charge is 0.409 e. The number of nitrogens with two attached hydrogens (primary N) is 1. The van der Waals surface area contributed by atoms with Crippen molar-refractivity contribution in [3.63, 3.8) is 0 Å². The second-order valence-electron chi connectivity index (χ2n) is 5.08. The summed E-state index contributed by atoms with van der Waals surface area (Å²) >= 11 is 1.75. The zero-order valence-corrected chi connectivity index (χ0v) is 13.1. The van der Waals surface area contributed by atoms with Gasteiger partial charge in [-0.15, -0.1) is 11.8 Å². The standard InChI is InChI=1S/C17H20N2OS/c1-12-8-9-13(2)15(10-12)21-16(11-17(18)19-20)14-6-4-3-5-7-14/h3-10,16,20H,11H2,1-2H3,(H2,18,19). The highest BCUT2D eigenvalue weighted by atomic mass is 32.2. The number of rotatable bonds is 5. The Labute approximate surface area is 129 Å². The maximum Gasteiger partial charge on any atom is 0.140 e. The Morgan fingerprint density at radius 3 is 2.57 bits per heavy atom. The highest BCUT2D eigenvalue weighted by Gasteiger charge is 2.16. The van der Waals surface area contributed by atoms with Gasteiger partial charge in [0.05, 0.1) is 0 Å². The molecule has 1 unspecified atom stereocenters. The molecular weight excluding hydrogens is 280 g/mol. The minimum absolute atomic E-state index is 0.127. The molecule has 3 nitrogen and oxygen atoms in total. The molecular formula is C17H20N2OS. The summed E-state index contributed by atoms with van der Waals surface area (Å²) in [5.41, 5.74) is 9.37. The Kier molecular flexibility index (Phi) is 5.28. The van der Waals surface area contributed by atoms with Gasteiger partial charge in [0.2, 0.25) is 0 Å². The van der Waals surface area contributed by atoms with Crippen molar-refractivity contribution in [2.45, 2.75) is 30.4 Å². The third-order valence-electron chi connectivity index (χ3n) is 3.31. The van der Waals surface area contributed by atoms with Gasteiger partial charge in [0.1, 0.15) is 5.84 Å². The summed E-state index contributed by atoms with van der Waals surface area (Å²) in [7, 11) is 0. The van der Waals surface area contributed by atoms with Crippen molar-refractivity contribution in [1.82, 2.24) is 0 Å².